The Morgan fingerprint density at radius 3 is 2.81 bits per heavy atom. The summed E-state index contributed by atoms with van der Waals surface area (Å²) in [6.07, 6.45) is 1.09. The summed E-state index contributed by atoms with van der Waals surface area (Å²) in [6, 6.07) is 5.22. The van der Waals surface area contributed by atoms with Gasteiger partial charge in [0.05, 0.1) is 4.47 Å². The number of amides is 1. The van der Waals surface area contributed by atoms with E-state index in [0.29, 0.717) is 10.8 Å². The van der Waals surface area contributed by atoms with Gasteiger partial charge in [0.2, 0.25) is 0 Å². The fourth-order valence-corrected chi connectivity index (χ4v) is 2.19. The third-order valence-electron chi connectivity index (χ3n) is 2.45. The molecule has 0 bridgehead atoms. The fourth-order valence-electron chi connectivity index (χ4n) is 1.39. The van der Waals surface area contributed by atoms with Crippen molar-refractivity contribution in [3.8, 4) is 5.75 Å². The minimum Gasteiger partial charge on any atom is -0.483 e. The molecule has 0 atom stereocenters. The van der Waals surface area contributed by atoms with Crippen LogP contribution in [0, 0.1) is 0 Å². The van der Waals surface area contributed by atoms with Crippen LogP contribution < -0.4 is 4.74 Å². The molecule has 0 radical (unpaired) electrons. The lowest BCUT2D eigenvalue weighted by Crippen LogP contribution is -2.44. The summed E-state index contributed by atoms with van der Waals surface area (Å²) >= 11 is 9.13. The van der Waals surface area contributed by atoms with Crippen LogP contribution in [0.5, 0.6) is 5.75 Å². The van der Waals surface area contributed by atoms with Crippen molar-refractivity contribution in [3.63, 3.8) is 0 Å². The summed E-state index contributed by atoms with van der Waals surface area (Å²) in [5.41, 5.74) is 0. The van der Waals surface area contributed by atoms with E-state index in [1.54, 1.807) is 23.1 Å². The zero-order chi connectivity index (χ0) is 11.5. The molecule has 0 aliphatic carbocycles. The molecule has 16 heavy (non-hydrogen) atoms. The third kappa shape index (κ3) is 2.68. The Bertz CT molecular complexity index is 407. The van der Waals surface area contributed by atoms with E-state index in [2.05, 4.69) is 15.9 Å². The van der Waals surface area contributed by atoms with E-state index in [-0.39, 0.29) is 12.5 Å². The summed E-state index contributed by atoms with van der Waals surface area (Å²) in [5, 5.41) is 0.633. The first kappa shape index (κ1) is 11.7. The number of carbonyl (C=O) groups is 1. The predicted octanol–water partition coefficient (Wildman–Crippen LogP) is 2.71. The molecular weight excluding hydrogens is 293 g/mol. The van der Waals surface area contributed by atoms with Crippen LogP contribution >= 0.6 is 27.5 Å². The van der Waals surface area contributed by atoms with Crippen molar-refractivity contribution in [2.45, 2.75) is 6.42 Å². The molecule has 1 aromatic rings. The lowest BCUT2D eigenvalue weighted by atomic mass is 10.2. The Hall–Kier alpha value is -0.740. The maximum absolute atomic E-state index is 11.5. The van der Waals surface area contributed by atoms with Crippen LogP contribution in [0.15, 0.2) is 22.7 Å². The first-order valence-electron chi connectivity index (χ1n) is 5.02. The first-order chi connectivity index (χ1) is 7.66. The summed E-state index contributed by atoms with van der Waals surface area (Å²) < 4.78 is 6.17. The standard InChI is InChI=1S/C11H11BrClNO2/c12-9-6-8(13)2-3-10(9)16-7-11(15)14-4-1-5-14/h2-3,6H,1,4-5,7H2. The normalized spacial score (nSPS) is 14.5. The molecule has 0 N–H and O–H groups in total. The van der Waals surface area contributed by atoms with Crippen LogP contribution in [0.1, 0.15) is 6.42 Å². The topological polar surface area (TPSA) is 29.5 Å². The van der Waals surface area contributed by atoms with E-state index in [9.17, 15) is 4.79 Å². The molecule has 0 unspecified atom stereocenters. The van der Waals surface area contributed by atoms with Crippen molar-refractivity contribution in [3.05, 3.63) is 27.7 Å². The average molecular weight is 305 g/mol. The Morgan fingerprint density at radius 2 is 2.25 bits per heavy atom. The summed E-state index contributed by atoms with van der Waals surface area (Å²) in [6.45, 7) is 1.79. The molecule has 0 spiro atoms. The van der Waals surface area contributed by atoms with Gasteiger partial charge in [-0.3, -0.25) is 4.79 Å². The zero-order valence-corrected chi connectivity index (χ0v) is 10.9. The monoisotopic (exact) mass is 303 g/mol. The summed E-state index contributed by atoms with van der Waals surface area (Å²) in [5.74, 6) is 0.673. The van der Waals surface area contributed by atoms with Crippen LogP contribution in [-0.4, -0.2) is 30.5 Å². The minimum atomic E-state index is 0.0353. The van der Waals surface area contributed by atoms with Gasteiger partial charge in [0, 0.05) is 18.1 Å². The molecule has 1 aliphatic rings. The van der Waals surface area contributed by atoms with E-state index < -0.39 is 0 Å². The molecule has 0 saturated carbocycles. The maximum Gasteiger partial charge on any atom is 0.260 e. The van der Waals surface area contributed by atoms with Gasteiger partial charge in [-0.25, -0.2) is 0 Å². The smallest absolute Gasteiger partial charge is 0.260 e. The second kappa shape index (κ2) is 5.06. The van der Waals surface area contributed by atoms with Gasteiger partial charge in [-0.05, 0) is 40.5 Å². The Kier molecular flexibility index (Phi) is 3.71. The van der Waals surface area contributed by atoms with Crippen molar-refractivity contribution in [1.29, 1.82) is 0 Å². The molecule has 1 saturated heterocycles. The van der Waals surface area contributed by atoms with Crippen molar-refractivity contribution in [2.24, 2.45) is 0 Å². The van der Waals surface area contributed by atoms with Gasteiger partial charge in [0.25, 0.3) is 5.91 Å². The number of benzene rings is 1. The van der Waals surface area contributed by atoms with Crippen LogP contribution in [-0.2, 0) is 4.79 Å². The van der Waals surface area contributed by atoms with Crippen molar-refractivity contribution in [2.75, 3.05) is 19.7 Å². The number of rotatable bonds is 3. The van der Waals surface area contributed by atoms with Gasteiger partial charge in [-0.15, -0.1) is 0 Å². The number of nitrogens with zero attached hydrogens (tertiary/aromatic N) is 1. The molecule has 1 aromatic carbocycles. The second-order valence-electron chi connectivity index (χ2n) is 3.60. The predicted molar refractivity (Wildman–Crippen MR) is 65.8 cm³/mol. The van der Waals surface area contributed by atoms with Gasteiger partial charge < -0.3 is 9.64 Å². The van der Waals surface area contributed by atoms with Crippen molar-refractivity contribution < 1.29 is 9.53 Å². The molecule has 1 heterocycles. The number of halogens is 2. The van der Waals surface area contributed by atoms with Gasteiger partial charge >= 0.3 is 0 Å². The molecular formula is C11H11BrClNO2. The van der Waals surface area contributed by atoms with E-state index >= 15 is 0 Å². The highest BCUT2D eigenvalue weighted by Gasteiger charge is 2.20. The van der Waals surface area contributed by atoms with Crippen molar-refractivity contribution in [1.82, 2.24) is 4.90 Å². The highest BCUT2D eigenvalue weighted by atomic mass is 79.9. The quantitative estimate of drug-likeness (QED) is 0.859. The Labute approximate surface area is 107 Å². The van der Waals surface area contributed by atoms with E-state index in [0.717, 1.165) is 24.0 Å². The lowest BCUT2D eigenvalue weighted by molar-refractivity contribution is -0.136. The molecule has 2 rings (SSSR count). The molecule has 1 aliphatic heterocycles. The number of hydrogen-bond acceptors (Lipinski definition) is 2. The van der Waals surface area contributed by atoms with Crippen molar-refractivity contribution >= 4 is 33.4 Å². The van der Waals surface area contributed by atoms with Gasteiger partial charge in [0.15, 0.2) is 6.61 Å². The Balaban J connectivity index is 1.91. The third-order valence-corrected chi connectivity index (χ3v) is 3.31. The average Bonchev–Trinajstić information content (AvgIpc) is 2.13. The Morgan fingerprint density at radius 1 is 1.50 bits per heavy atom. The highest BCUT2D eigenvalue weighted by molar-refractivity contribution is 9.10. The molecule has 3 nitrogen and oxygen atoms in total. The summed E-state index contributed by atoms with van der Waals surface area (Å²) in [4.78, 5) is 13.3. The van der Waals surface area contributed by atoms with Gasteiger partial charge in [0.1, 0.15) is 5.75 Å². The number of ether oxygens (including phenoxy) is 1. The number of hydrogen-bond donors (Lipinski definition) is 0. The molecule has 1 amide bonds. The second-order valence-corrected chi connectivity index (χ2v) is 4.89. The van der Waals surface area contributed by atoms with E-state index in [1.165, 1.54) is 0 Å². The van der Waals surface area contributed by atoms with Gasteiger partial charge in [-0.1, -0.05) is 11.6 Å². The van der Waals surface area contributed by atoms with E-state index in [1.807, 2.05) is 0 Å². The lowest BCUT2D eigenvalue weighted by Gasteiger charge is -2.30. The highest BCUT2D eigenvalue weighted by Crippen LogP contribution is 2.28. The molecule has 0 aromatic heterocycles. The van der Waals surface area contributed by atoms with Crippen LogP contribution in [0.2, 0.25) is 5.02 Å². The fraction of sp³-hybridized carbons (Fsp3) is 0.364. The first-order valence-corrected chi connectivity index (χ1v) is 6.19. The number of carbonyl (C=O) groups excluding carboxylic acids is 1. The maximum atomic E-state index is 11.5. The van der Waals surface area contributed by atoms with Gasteiger partial charge in [-0.2, -0.15) is 0 Å². The molecule has 86 valence electrons. The van der Waals surface area contributed by atoms with Crippen LogP contribution in [0.25, 0.3) is 0 Å². The largest absolute Gasteiger partial charge is 0.483 e. The SMILES string of the molecule is O=C(COc1ccc(Cl)cc1Br)N1CCC1. The number of likely N-dealkylation sites (tertiary alicyclic amines) is 1. The summed E-state index contributed by atoms with van der Waals surface area (Å²) in [7, 11) is 0. The van der Waals surface area contributed by atoms with Crippen LogP contribution in [0.3, 0.4) is 0 Å². The zero-order valence-electron chi connectivity index (χ0n) is 8.58. The minimum absolute atomic E-state index is 0.0353. The van der Waals surface area contributed by atoms with E-state index in [4.69, 9.17) is 16.3 Å². The molecule has 5 heteroatoms. The molecule has 1 fully saturated rings. The van der Waals surface area contributed by atoms with Crippen LogP contribution in [0.4, 0.5) is 0 Å².